The molecule has 0 fully saturated rings. The van der Waals surface area contributed by atoms with E-state index in [1.54, 1.807) is 0 Å². The zero-order chi connectivity index (χ0) is 21.1. The molecule has 0 saturated carbocycles. The van der Waals surface area contributed by atoms with Gasteiger partial charge in [0.1, 0.15) is 18.1 Å². The number of fused-ring (bicyclic) bond motifs is 1. The van der Waals surface area contributed by atoms with Crippen LogP contribution in [0.4, 0.5) is 5.13 Å². The molecule has 0 unspecified atom stereocenters. The first-order chi connectivity index (χ1) is 14.5. The number of rotatable bonds is 6. The van der Waals surface area contributed by atoms with Crippen molar-refractivity contribution in [2.45, 2.75) is 20.4 Å². The molecular formula is C22H20N4O3S. The maximum Gasteiger partial charge on any atom is 0.277 e. The number of thiazole rings is 1. The van der Waals surface area contributed by atoms with E-state index < -0.39 is 5.91 Å². The van der Waals surface area contributed by atoms with Crippen LogP contribution in [0.1, 0.15) is 21.6 Å². The molecule has 0 radical (unpaired) electrons. The predicted molar refractivity (Wildman–Crippen MR) is 117 cm³/mol. The molecule has 30 heavy (non-hydrogen) atoms. The van der Waals surface area contributed by atoms with Gasteiger partial charge in [0.25, 0.3) is 11.5 Å². The number of carbonyl (C=O) groups is 1. The fraction of sp³-hybridized carbons (Fsp3) is 0.182. The Kier molecular flexibility index (Phi) is 5.58. The van der Waals surface area contributed by atoms with Crippen molar-refractivity contribution in [1.82, 2.24) is 14.8 Å². The van der Waals surface area contributed by atoms with Gasteiger partial charge in [0.2, 0.25) is 0 Å². The van der Waals surface area contributed by atoms with Crippen LogP contribution in [0.5, 0.6) is 5.75 Å². The van der Waals surface area contributed by atoms with Gasteiger partial charge < -0.3 is 4.74 Å². The van der Waals surface area contributed by atoms with Gasteiger partial charge in [0, 0.05) is 6.07 Å². The lowest BCUT2D eigenvalue weighted by molar-refractivity contribution is 0.101. The summed E-state index contributed by atoms with van der Waals surface area (Å²) in [7, 11) is 0. The highest BCUT2D eigenvalue weighted by Gasteiger charge is 2.14. The number of amides is 1. The minimum atomic E-state index is -0.416. The van der Waals surface area contributed by atoms with Crippen LogP contribution in [-0.4, -0.2) is 27.3 Å². The van der Waals surface area contributed by atoms with E-state index in [0.29, 0.717) is 10.9 Å². The number of carbonyl (C=O) groups excluding carboxylic acids is 1. The maximum absolute atomic E-state index is 12.6. The fourth-order valence-corrected chi connectivity index (χ4v) is 4.12. The van der Waals surface area contributed by atoms with Crippen molar-refractivity contribution in [3.63, 3.8) is 0 Å². The van der Waals surface area contributed by atoms with Gasteiger partial charge in [0.15, 0.2) is 5.13 Å². The smallest absolute Gasteiger partial charge is 0.277 e. The first-order valence-corrected chi connectivity index (χ1v) is 10.3. The third kappa shape index (κ3) is 4.38. The predicted octanol–water partition coefficient (Wildman–Crippen LogP) is 3.80. The number of aryl methyl sites for hydroxylation is 2. The number of hydrogen-bond donors (Lipinski definition) is 1. The standard InChI is InChI=1S/C22H20N4O3S/c1-14-12-15(2)20-18(13-14)30-22(23-20)24-21(28)17-8-9-19(27)26(25-17)10-11-29-16-6-4-3-5-7-16/h3-9,12-13H,10-11H2,1-2H3,(H,23,24,28). The van der Waals surface area contributed by atoms with Gasteiger partial charge in [-0.05, 0) is 49.2 Å². The topological polar surface area (TPSA) is 86.1 Å². The molecule has 0 atom stereocenters. The van der Waals surface area contributed by atoms with Crippen LogP contribution in [0.2, 0.25) is 0 Å². The third-order valence-corrected chi connectivity index (χ3v) is 5.38. The molecule has 152 valence electrons. The number of nitrogens with one attached hydrogen (secondary N) is 1. The Labute approximate surface area is 177 Å². The normalized spacial score (nSPS) is 10.9. The second kappa shape index (κ2) is 8.46. The monoisotopic (exact) mass is 420 g/mol. The molecular weight excluding hydrogens is 400 g/mol. The Bertz CT molecular complexity index is 1260. The van der Waals surface area contributed by atoms with E-state index in [1.165, 1.54) is 28.2 Å². The summed E-state index contributed by atoms with van der Waals surface area (Å²) < 4.78 is 7.85. The molecule has 0 bridgehead atoms. The summed E-state index contributed by atoms with van der Waals surface area (Å²) in [5.41, 5.74) is 2.92. The van der Waals surface area contributed by atoms with E-state index in [4.69, 9.17) is 4.74 Å². The summed E-state index contributed by atoms with van der Waals surface area (Å²) in [6.07, 6.45) is 0. The number of ether oxygens (including phenoxy) is 1. The zero-order valence-corrected chi connectivity index (χ0v) is 17.4. The van der Waals surface area contributed by atoms with Gasteiger partial charge in [-0.15, -0.1) is 0 Å². The van der Waals surface area contributed by atoms with Crippen molar-refractivity contribution in [2.24, 2.45) is 0 Å². The van der Waals surface area contributed by atoms with Gasteiger partial charge in [-0.25, -0.2) is 9.67 Å². The van der Waals surface area contributed by atoms with E-state index in [-0.39, 0.29) is 24.4 Å². The number of hydrogen-bond acceptors (Lipinski definition) is 6. The van der Waals surface area contributed by atoms with Crippen molar-refractivity contribution >= 4 is 32.6 Å². The number of benzene rings is 2. The Morgan fingerprint density at radius 3 is 2.73 bits per heavy atom. The van der Waals surface area contributed by atoms with Crippen molar-refractivity contribution in [1.29, 1.82) is 0 Å². The summed E-state index contributed by atoms with van der Waals surface area (Å²) in [6.45, 7) is 4.52. The highest BCUT2D eigenvalue weighted by Crippen LogP contribution is 2.29. The van der Waals surface area contributed by atoms with Gasteiger partial charge in [-0.3, -0.25) is 14.9 Å². The molecule has 0 aliphatic rings. The van der Waals surface area contributed by atoms with Crippen LogP contribution in [-0.2, 0) is 6.54 Å². The lowest BCUT2D eigenvalue weighted by atomic mass is 10.1. The van der Waals surface area contributed by atoms with Gasteiger partial charge in [-0.2, -0.15) is 5.10 Å². The van der Waals surface area contributed by atoms with E-state index in [1.807, 2.05) is 50.2 Å². The van der Waals surface area contributed by atoms with E-state index in [0.717, 1.165) is 21.3 Å². The Morgan fingerprint density at radius 2 is 1.93 bits per heavy atom. The van der Waals surface area contributed by atoms with Gasteiger partial charge in [-0.1, -0.05) is 35.6 Å². The minimum absolute atomic E-state index is 0.140. The van der Waals surface area contributed by atoms with Crippen LogP contribution < -0.4 is 15.6 Å². The summed E-state index contributed by atoms with van der Waals surface area (Å²) in [4.78, 5) is 29.2. The Balaban J connectivity index is 1.47. The first-order valence-electron chi connectivity index (χ1n) is 9.45. The number of nitrogens with zero attached hydrogens (tertiary/aromatic N) is 3. The van der Waals surface area contributed by atoms with Crippen LogP contribution >= 0.6 is 11.3 Å². The van der Waals surface area contributed by atoms with E-state index in [2.05, 4.69) is 21.5 Å². The minimum Gasteiger partial charge on any atom is -0.492 e. The largest absolute Gasteiger partial charge is 0.492 e. The molecule has 1 amide bonds. The van der Waals surface area contributed by atoms with Crippen LogP contribution in [0, 0.1) is 13.8 Å². The molecule has 0 saturated heterocycles. The molecule has 2 aromatic carbocycles. The lowest BCUT2D eigenvalue weighted by Gasteiger charge is -2.08. The molecule has 0 aliphatic carbocycles. The molecule has 2 aromatic heterocycles. The highest BCUT2D eigenvalue weighted by atomic mass is 32.1. The average Bonchev–Trinajstić information content (AvgIpc) is 3.12. The molecule has 4 aromatic rings. The fourth-order valence-electron chi connectivity index (χ4n) is 3.08. The Morgan fingerprint density at radius 1 is 1.13 bits per heavy atom. The molecule has 0 spiro atoms. The maximum atomic E-state index is 12.6. The molecule has 8 heteroatoms. The van der Waals surface area contributed by atoms with Gasteiger partial charge >= 0.3 is 0 Å². The van der Waals surface area contributed by atoms with Crippen molar-refractivity contribution in [2.75, 3.05) is 11.9 Å². The zero-order valence-electron chi connectivity index (χ0n) is 16.6. The van der Waals surface area contributed by atoms with Crippen molar-refractivity contribution < 1.29 is 9.53 Å². The summed E-state index contributed by atoms with van der Waals surface area (Å²) in [5, 5.41) is 7.45. The van der Waals surface area contributed by atoms with Crippen LogP contribution in [0.15, 0.2) is 59.4 Å². The number of para-hydroxylation sites is 1. The highest BCUT2D eigenvalue weighted by molar-refractivity contribution is 7.22. The summed E-state index contributed by atoms with van der Waals surface area (Å²) in [5.74, 6) is 0.293. The Hall–Kier alpha value is -3.52. The SMILES string of the molecule is Cc1cc(C)c2nc(NC(=O)c3ccc(=O)n(CCOc4ccccc4)n3)sc2c1. The molecule has 1 N–H and O–H groups in total. The quantitative estimate of drug-likeness (QED) is 0.513. The van der Waals surface area contributed by atoms with Crippen molar-refractivity contribution in [3.8, 4) is 5.75 Å². The number of anilines is 1. The molecule has 2 heterocycles. The summed E-state index contributed by atoms with van der Waals surface area (Å²) >= 11 is 1.41. The average molecular weight is 420 g/mol. The second-order valence-electron chi connectivity index (χ2n) is 6.84. The van der Waals surface area contributed by atoms with Crippen LogP contribution in [0.3, 0.4) is 0 Å². The first kappa shape index (κ1) is 19.8. The van der Waals surface area contributed by atoms with Crippen molar-refractivity contribution in [3.05, 3.63) is 81.8 Å². The molecule has 4 rings (SSSR count). The molecule has 0 aliphatic heterocycles. The summed E-state index contributed by atoms with van der Waals surface area (Å²) in [6, 6.07) is 16.2. The number of aromatic nitrogens is 3. The second-order valence-corrected chi connectivity index (χ2v) is 7.87. The van der Waals surface area contributed by atoms with E-state index >= 15 is 0 Å². The van der Waals surface area contributed by atoms with Crippen LogP contribution in [0.25, 0.3) is 10.2 Å². The third-order valence-electron chi connectivity index (χ3n) is 4.46. The van der Waals surface area contributed by atoms with Gasteiger partial charge in [0.05, 0.1) is 16.8 Å². The van der Waals surface area contributed by atoms with E-state index in [9.17, 15) is 9.59 Å². The molecule has 7 nitrogen and oxygen atoms in total. The lowest BCUT2D eigenvalue weighted by Crippen LogP contribution is -2.28.